The zero-order valence-corrected chi connectivity index (χ0v) is 12.5. The van der Waals surface area contributed by atoms with Gasteiger partial charge in [-0.15, -0.1) is 0 Å². The second-order valence-corrected chi connectivity index (χ2v) is 5.66. The smallest absolute Gasteiger partial charge is 0.387 e. The quantitative estimate of drug-likeness (QED) is 0.898. The number of nitrogens with zero attached hydrogens (tertiary/aromatic N) is 1. The van der Waals surface area contributed by atoms with E-state index in [2.05, 4.69) is 15.0 Å². The van der Waals surface area contributed by atoms with Gasteiger partial charge in [0.25, 0.3) is 5.91 Å². The van der Waals surface area contributed by atoms with E-state index in [1.54, 1.807) is 0 Å². The number of hydrogen-bond acceptors (Lipinski definition) is 4. The number of amides is 1. The first kappa shape index (κ1) is 16.5. The summed E-state index contributed by atoms with van der Waals surface area (Å²) in [5, 5.41) is 12.7. The molecule has 1 aromatic carbocycles. The second kappa shape index (κ2) is 6.64. The molecule has 1 amide bonds. The Morgan fingerprint density at radius 3 is 2.79 bits per heavy atom. The Kier molecular flexibility index (Phi) is 4.57. The van der Waals surface area contributed by atoms with E-state index in [9.17, 15) is 23.1 Å². The normalized spacial score (nSPS) is 20.5. The van der Waals surface area contributed by atoms with Gasteiger partial charge in [0, 0.05) is 17.6 Å². The van der Waals surface area contributed by atoms with Gasteiger partial charge in [-0.1, -0.05) is 0 Å². The number of benzene rings is 1. The van der Waals surface area contributed by atoms with Crippen molar-refractivity contribution < 1.29 is 27.8 Å². The fourth-order valence-electron chi connectivity index (χ4n) is 2.80. The van der Waals surface area contributed by atoms with Crippen molar-refractivity contribution in [3.05, 3.63) is 35.8 Å². The summed E-state index contributed by atoms with van der Waals surface area (Å²) in [5.41, 5.74) is 0.424. The summed E-state index contributed by atoms with van der Waals surface area (Å²) < 4.78 is 42.3. The average Bonchev–Trinajstić information content (AvgIpc) is 2.92. The fraction of sp³-hybridized carbons (Fsp3) is 0.375. The Morgan fingerprint density at radius 1 is 1.33 bits per heavy atom. The van der Waals surface area contributed by atoms with E-state index in [1.807, 2.05) is 0 Å². The lowest BCUT2D eigenvalue weighted by Gasteiger charge is -2.16. The molecule has 5 nitrogen and oxygen atoms in total. The number of ether oxygens (including phenoxy) is 1. The van der Waals surface area contributed by atoms with Gasteiger partial charge in [0.05, 0.1) is 23.2 Å². The molecule has 24 heavy (non-hydrogen) atoms. The first-order valence-electron chi connectivity index (χ1n) is 7.47. The van der Waals surface area contributed by atoms with E-state index >= 15 is 0 Å². The number of carbonyl (C=O) groups excluding carboxylic acids is 1. The Hall–Kier alpha value is -2.35. The van der Waals surface area contributed by atoms with E-state index in [-0.39, 0.29) is 22.5 Å². The van der Waals surface area contributed by atoms with E-state index < -0.39 is 30.2 Å². The number of aromatic nitrogens is 1. The highest BCUT2D eigenvalue weighted by Gasteiger charge is 2.27. The summed E-state index contributed by atoms with van der Waals surface area (Å²) in [5.74, 6) is -1.99. The zero-order chi connectivity index (χ0) is 17.3. The van der Waals surface area contributed by atoms with Crippen LogP contribution >= 0.6 is 0 Å². The van der Waals surface area contributed by atoms with E-state index in [4.69, 9.17) is 0 Å². The molecule has 1 saturated carbocycles. The maximum absolute atomic E-state index is 13.8. The Balaban J connectivity index is 1.84. The number of hydrogen-bond donors (Lipinski definition) is 2. The molecular weight excluding hydrogens is 325 g/mol. The lowest BCUT2D eigenvalue weighted by Crippen LogP contribution is -2.39. The molecule has 0 radical (unpaired) electrons. The van der Waals surface area contributed by atoms with Crippen molar-refractivity contribution in [2.24, 2.45) is 0 Å². The summed E-state index contributed by atoms with van der Waals surface area (Å²) in [6, 6.07) is 3.14. The lowest BCUT2D eigenvalue weighted by molar-refractivity contribution is -0.0520. The Morgan fingerprint density at radius 2 is 2.12 bits per heavy atom. The molecule has 0 spiro atoms. The van der Waals surface area contributed by atoms with Crippen LogP contribution in [0.3, 0.4) is 0 Å². The SMILES string of the molecule is O=C(N[C@H]1CCC[C@H]1O)c1cnc2cc(OC(F)F)c(F)cc2c1. The molecule has 1 aromatic heterocycles. The van der Waals surface area contributed by atoms with Crippen LogP contribution in [0.2, 0.25) is 0 Å². The second-order valence-electron chi connectivity index (χ2n) is 5.66. The third-order valence-electron chi connectivity index (χ3n) is 4.01. The van der Waals surface area contributed by atoms with Crippen LogP contribution < -0.4 is 10.1 Å². The molecule has 0 aliphatic heterocycles. The lowest BCUT2D eigenvalue weighted by atomic mass is 10.1. The van der Waals surface area contributed by atoms with Crippen molar-refractivity contribution in [3.8, 4) is 5.75 Å². The number of rotatable bonds is 4. The van der Waals surface area contributed by atoms with Crippen LogP contribution in [0.25, 0.3) is 10.9 Å². The molecule has 1 aliphatic rings. The third kappa shape index (κ3) is 3.43. The minimum atomic E-state index is -3.14. The molecule has 1 aliphatic carbocycles. The molecular formula is C16H15F3N2O3. The number of halogens is 3. The number of pyridine rings is 1. The van der Waals surface area contributed by atoms with E-state index in [0.29, 0.717) is 12.8 Å². The maximum Gasteiger partial charge on any atom is 0.387 e. The van der Waals surface area contributed by atoms with Crippen molar-refractivity contribution >= 4 is 16.8 Å². The highest BCUT2D eigenvalue weighted by molar-refractivity contribution is 5.97. The molecule has 3 rings (SSSR count). The molecule has 0 unspecified atom stereocenters. The molecule has 2 atom stereocenters. The van der Waals surface area contributed by atoms with Gasteiger partial charge in [0.2, 0.25) is 0 Å². The van der Waals surface area contributed by atoms with Crippen LogP contribution in [-0.2, 0) is 0 Å². The van der Waals surface area contributed by atoms with Crippen LogP contribution in [0.1, 0.15) is 29.6 Å². The van der Waals surface area contributed by atoms with Gasteiger partial charge in [-0.05, 0) is 31.4 Å². The molecule has 1 heterocycles. The predicted octanol–water partition coefficient (Wildman–Crippen LogP) is 2.62. The van der Waals surface area contributed by atoms with Gasteiger partial charge >= 0.3 is 6.61 Å². The molecule has 2 N–H and O–H groups in total. The van der Waals surface area contributed by atoms with E-state index in [0.717, 1.165) is 18.6 Å². The Labute approximate surface area is 135 Å². The van der Waals surface area contributed by atoms with Crippen LogP contribution in [-0.4, -0.2) is 34.8 Å². The number of aliphatic hydroxyl groups excluding tert-OH is 1. The topological polar surface area (TPSA) is 71.5 Å². The van der Waals surface area contributed by atoms with Gasteiger partial charge in [-0.3, -0.25) is 9.78 Å². The Bertz CT molecular complexity index is 770. The summed E-state index contributed by atoms with van der Waals surface area (Å²) in [7, 11) is 0. The van der Waals surface area contributed by atoms with Gasteiger partial charge < -0.3 is 15.2 Å². The minimum absolute atomic E-state index is 0.198. The molecule has 1 fully saturated rings. The van der Waals surface area contributed by atoms with Crippen LogP contribution in [0.5, 0.6) is 5.75 Å². The van der Waals surface area contributed by atoms with Crippen LogP contribution in [0.4, 0.5) is 13.2 Å². The summed E-state index contributed by atoms with van der Waals surface area (Å²) >= 11 is 0. The monoisotopic (exact) mass is 340 g/mol. The van der Waals surface area contributed by atoms with Gasteiger partial charge in [-0.25, -0.2) is 4.39 Å². The molecule has 8 heteroatoms. The van der Waals surface area contributed by atoms with Crippen LogP contribution in [0.15, 0.2) is 24.4 Å². The van der Waals surface area contributed by atoms with Crippen molar-refractivity contribution in [1.82, 2.24) is 10.3 Å². The molecule has 0 saturated heterocycles. The van der Waals surface area contributed by atoms with Crippen LogP contribution in [0, 0.1) is 5.82 Å². The number of fused-ring (bicyclic) bond motifs is 1. The first-order chi connectivity index (χ1) is 11.4. The molecule has 0 bridgehead atoms. The van der Waals surface area contributed by atoms with Gasteiger partial charge in [0.1, 0.15) is 0 Å². The highest BCUT2D eigenvalue weighted by atomic mass is 19.3. The summed E-state index contributed by atoms with van der Waals surface area (Å²) in [6.07, 6.45) is 2.85. The average molecular weight is 340 g/mol. The number of nitrogens with one attached hydrogen (secondary N) is 1. The molecule has 128 valence electrons. The third-order valence-corrected chi connectivity index (χ3v) is 4.01. The minimum Gasteiger partial charge on any atom is -0.432 e. The number of alkyl halides is 2. The van der Waals surface area contributed by atoms with Crippen molar-refractivity contribution in [3.63, 3.8) is 0 Å². The van der Waals surface area contributed by atoms with Gasteiger partial charge in [0.15, 0.2) is 11.6 Å². The molecule has 2 aromatic rings. The summed E-state index contributed by atoms with van der Waals surface area (Å²) in [4.78, 5) is 16.2. The first-order valence-corrected chi connectivity index (χ1v) is 7.47. The largest absolute Gasteiger partial charge is 0.432 e. The van der Waals surface area contributed by atoms with E-state index in [1.165, 1.54) is 12.3 Å². The van der Waals surface area contributed by atoms with Crippen molar-refractivity contribution in [2.45, 2.75) is 38.0 Å². The van der Waals surface area contributed by atoms with Crippen molar-refractivity contribution in [1.29, 1.82) is 0 Å². The summed E-state index contributed by atoms with van der Waals surface area (Å²) in [6.45, 7) is -3.14. The standard InChI is InChI=1S/C16H15F3N2O3/c17-10-5-8-4-9(15(23)21-11-2-1-3-13(11)22)7-20-12(8)6-14(10)24-16(18)19/h4-7,11,13,16,22H,1-3H2,(H,21,23)/t11-,13+/m0/s1. The van der Waals surface area contributed by atoms with Gasteiger partial charge in [-0.2, -0.15) is 8.78 Å². The predicted molar refractivity (Wildman–Crippen MR) is 79.4 cm³/mol. The number of carbonyl (C=O) groups is 1. The maximum atomic E-state index is 13.8. The number of aliphatic hydroxyl groups is 1. The highest BCUT2D eigenvalue weighted by Crippen LogP contribution is 2.26. The van der Waals surface area contributed by atoms with Crippen molar-refractivity contribution in [2.75, 3.05) is 0 Å². The fourth-order valence-corrected chi connectivity index (χ4v) is 2.80. The zero-order valence-electron chi connectivity index (χ0n) is 12.5.